The molecule has 1 heterocycles. The minimum atomic E-state index is -3.79. The number of amides is 1. The minimum absolute atomic E-state index is 0.115. The Morgan fingerprint density at radius 2 is 1.67 bits per heavy atom. The summed E-state index contributed by atoms with van der Waals surface area (Å²) in [6.07, 6.45) is 6.30. The molecule has 2 N–H and O–H groups in total. The molecule has 2 fully saturated rings. The summed E-state index contributed by atoms with van der Waals surface area (Å²) in [5.74, 6) is -0.451. The Morgan fingerprint density at radius 3 is 2.23 bits per heavy atom. The second-order valence-corrected chi connectivity index (χ2v) is 16.6. The predicted octanol–water partition coefficient (Wildman–Crippen LogP) is 6.13. The summed E-state index contributed by atoms with van der Waals surface area (Å²) >= 11 is 1.30. The first-order valence-corrected chi connectivity index (χ1v) is 17.4. The van der Waals surface area contributed by atoms with E-state index in [9.17, 15) is 18.0 Å². The van der Waals surface area contributed by atoms with Crippen LogP contribution in [0, 0.1) is 11.8 Å². The Morgan fingerprint density at radius 1 is 1.02 bits per heavy atom. The molecule has 9 nitrogen and oxygen atoms in total. The van der Waals surface area contributed by atoms with Gasteiger partial charge in [0.15, 0.2) is 5.01 Å². The lowest BCUT2D eigenvalue weighted by Crippen LogP contribution is -2.47. The van der Waals surface area contributed by atoms with Gasteiger partial charge in [0.2, 0.25) is 10.0 Å². The molecule has 4 rings (SSSR count). The molecule has 0 spiro atoms. The van der Waals surface area contributed by atoms with Gasteiger partial charge < -0.3 is 14.8 Å². The van der Waals surface area contributed by atoms with Crippen molar-refractivity contribution in [2.75, 3.05) is 14.2 Å². The first kappa shape index (κ1) is 33.6. The predicted molar refractivity (Wildman–Crippen MR) is 169 cm³/mol. The van der Waals surface area contributed by atoms with Crippen molar-refractivity contribution in [2.24, 2.45) is 11.8 Å². The number of aromatic nitrogens is 1. The summed E-state index contributed by atoms with van der Waals surface area (Å²) in [6.45, 7) is 11.4. The Hall–Kier alpha value is -2.34. The Bertz CT molecular complexity index is 1430. The average Bonchev–Trinajstić information content (AvgIpc) is 3.34. The zero-order valence-electron chi connectivity index (χ0n) is 26.7. The largest absolute Gasteiger partial charge is 0.469 e. The molecule has 1 atom stereocenters. The molecule has 0 aliphatic heterocycles. The smallest absolute Gasteiger partial charge is 0.308 e. The molecule has 11 heteroatoms. The van der Waals surface area contributed by atoms with E-state index >= 15 is 0 Å². The van der Waals surface area contributed by atoms with E-state index in [2.05, 4.69) is 10.0 Å². The van der Waals surface area contributed by atoms with Gasteiger partial charge in [0.1, 0.15) is 6.10 Å². The van der Waals surface area contributed by atoms with Crippen LogP contribution in [0.15, 0.2) is 23.1 Å². The molecule has 1 amide bonds. The van der Waals surface area contributed by atoms with Crippen molar-refractivity contribution in [3.63, 3.8) is 0 Å². The Balaban J connectivity index is 1.76. The monoisotopic (exact) mass is 633 g/mol. The maximum absolute atomic E-state index is 13.5. The minimum Gasteiger partial charge on any atom is -0.469 e. The lowest BCUT2D eigenvalue weighted by molar-refractivity contribution is -0.149. The van der Waals surface area contributed by atoms with Gasteiger partial charge in [0, 0.05) is 18.7 Å². The number of sulfonamides is 1. The van der Waals surface area contributed by atoms with Crippen LogP contribution in [-0.2, 0) is 29.7 Å². The summed E-state index contributed by atoms with van der Waals surface area (Å²) in [6, 6.07) is 5.29. The normalized spacial score (nSPS) is 20.7. The van der Waals surface area contributed by atoms with E-state index in [1.165, 1.54) is 24.9 Å². The molecule has 1 unspecified atom stereocenters. The van der Waals surface area contributed by atoms with Gasteiger partial charge in [-0.05, 0) is 81.0 Å². The fourth-order valence-electron chi connectivity index (χ4n) is 6.08. The average molecular weight is 634 g/mol. The van der Waals surface area contributed by atoms with Crippen LogP contribution >= 0.6 is 11.3 Å². The summed E-state index contributed by atoms with van der Waals surface area (Å²) in [4.78, 5) is 31.2. The van der Waals surface area contributed by atoms with Gasteiger partial charge in [-0.3, -0.25) is 9.59 Å². The third-order valence-corrected chi connectivity index (χ3v) is 11.2. The van der Waals surface area contributed by atoms with Crippen LogP contribution in [0.3, 0.4) is 0 Å². The van der Waals surface area contributed by atoms with Gasteiger partial charge in [-0.25, -0.2) is 18.1 Å². The van der Waals surface area contributed by atoms with Crippen LogP contribution in [0.5, 0.6) is 0 Å². The summed E-state index contributed by atoms with van der Waals surface area (Å²) in [5, 5.41) is 3.36. The van der Waals surface area contributed by atoms with E-state index < -0.39 is 21.0 Å². The zero-order chi connectivity index (χ0) is 31.7. The number of carbonyl (C=O) groups is 2. The van der Waals surface area contributed by atoms with Crippen molar-refractivity contribution in [1.29, 1.82) is 0 Å². The molecule has 2 aliphatic carbocycles. The SMILES string of the molecule is COC(=O)C1CC(NC(=O)c2nc(C(OC)C3CCCCC3)c(-c3ccc(S(=O)(=O)NC(C)(C)C)c(C(C)(C)C)c3)s2)C1. The lowest BCUT2D eigenvalue weighted by atomic mass is 9.80. The van der Waals surface area contributed by atoms with E-state index in [1.807, 2.05) is 53.7 Å². The second kappa shape index (κ2) is 12.9. The van der Waals surface area contributed by atoms with Gasteiger partial charge in [-0.1, -0.05) is 46.1 Å². The van der Waals surface area contributed by atoms with Crippen molar-refractivity contribution in [3.8, 4) is 10.4 Å². The van der Waals surface area contributed by atoms with E-state index in [1.54, 1.807) is 13.2 Å². The molecule has 2 aromatic rings. The standard InChI is InChI=1S/C32H47N3O6S2/c1-31(2,3)23-18-20(14-15-24(23)43(38,39)35-32(4,5)6)27-25(26(40-7)19-12-10-9-11-13-19)34-29(42-27)28(36)33-22-16-21(17-22)30(37)41-8/h14-15,18-19,21-22,26,35H,9-13,16-17H2,1-8H3,(H,33,36). The number of benzene rings is 1. The Kier molecular flexibility index (Phi) is 10.1. The molecule has 2 saturated carbocycles. The topological polar surface area (TPSA) is 124 Å². The maximum atomic E-state index is 13.5. The van der Waals surface area contributed by atoms with Crippen molar-refractivity contribution < 1.29 is 27.5 Å². The number of nitrogens with zero attached hydrogens (tertiary/aromatic N) is 1. The highest BCUT2D eigenvalue weighted by Crippen LogP contribution is 2.44. The summed E-state index contributed by atoms with van der Waals surface area (Å²) in [5.41, 5.74) is 1.09. The summed E-state index contributed by atoms with van der Waals surface area (Å²) < 4.78 is 40.7. The zero-order valence-corrected chi connectivity index (χ0v) is 28.3. The number of carbonyl (C=O) groups excluding carboxylic acids is 2. The van der Waals surface area contributed by atoms with Crippen molar-refractivity contribution in [1.82, 2.24) is 15.0 Å². The number of ether oxygens (including phenoxy) is 2. The number of methoxy groups -OCH3 is 2. The van der Waals surface area contributed by atoms with Gasteiger partial charge in [-0.2, -0.15) is 0 Å². The second-order valence-electron chi connectivity index (χ2n) is 14.0. The molecule has 0 bridgehead atoms. The fourth-order valence-corrected chi connectivity index (χ4v) is 8.90. The summed E-state index contributed by atoms with van der Waals surface area (Å²) in [7, 11) is -0.727. The van der Waals surface area contributed by atoms with Crippen LogP contribution in [0.1, 0.15) is 114 Å². The van der Waals surface area contributed by atoms with E-state index in [4.69, 9.17) is 14.5 Å². The van der Waals surface area contributed by atoms with E-state index in [-0.39, 0.29) is 40.8 Å². The van der Waals surface area contributed by atoms with Crippen molar-refractivity contribution in [2.45, 2.75) is 114 Å². The fraction of sp³-hybridized carbons (Fsp3) is 0.656. The molecule has 1 aromatic carbocycles. The molecule has 0 saturated heterocycles. The quantitative estimate of drug-likeness (QED) is 0.318. The molecule has 1 aromatic heterocycles. The maximum Gasteiger partial charge on any atom is 0.308 e. The van der Waals surface area contributed by atoms with Gasteiger partial charge >= 0.3 is 5.97 Å². The number of esters is 1. The lowest BCUT2D eigenvalue weighted by Gasteiger charge is -2.33. The van der Waals surface area contributed by atoms with Crippen LogP contribution in [-0.4, -0.2) is 51.1 Å². The van der Waals surface area contributed by atoms with Crippen LogP contribution < -0.4 is 10.0 Å². The third-order valence-electron chi connectivity index (χ3n) is 8.24. The number of rotatable bonds is 9. The number of thiazole rings is 1. The Labute approximate surface area is 260 Å². The van der Waals surface area contributed by atoms with E-state index in [0.717, 1.165) is 36.1 Å². The van der Waals surface area contributed by atoms with Crippen LogP contribution in [0.4, 0.5) is 0 Å². The van der Waals surface area contributed by atoms with Crippen LogP contribution in [0.2, 0.25) is 0 Å². The van der Waals surface area contributed by atoms with Gasteiger partial charge in [0.25, 0.3) is 5.91 Å². The number of hydrogen-bond donors (Lipinski definition) is 2. The van der Waals surface area contributed by atoms with Crippen LogP contribution in [0.25, 0.3) is 10.4 Å². The van der Waals surface area contributed by atoms with Gasteiger partial charge in [-0.15, -0.1) is 11.3 Å². The molecule has 0 radical (unpaired) electrons. The highest BCUT2D eigenvalue weighted by molar-refractivity contribution is 7.89. The molecule has 2 aliphatic rings. The first-order valence-electron chi connectivity index (χ1n) is 15.1. The van der Waals surface area contributed by atoms with Crippen molar-refractivity contribution >= 4 is 33.2 Å². The molecule has 43 heavy (non-hydrogen) atoms. The first-order chi connectivity index (χ1) is 20.0. The number of hydrogen-bond acceptors (Lipinski definition) is 8. The van der Waals surface area contributed by atoms with Gasteiger partial charge in [0.05, 0.1) is 28.5 Å². The number of nitrogens with one attached hydrogen (secondary N) is 2. The van der Waals surface area contributed by atoms with Crippen molar-refractivity contribution in [3.05, 3.63) is 34.5 Å². The van der Waals surface area contributed by atoms with E-state index in [0.29, 0.717) is 29.1 Å². The molecular formula is C32H47N3O6S2. The third kappa shape index (κ3) is 7.85. The highest BCUT2D eigenvalue weighted by atomic mass is 32.2. The molecule has 238 valence electrons. The highest BCUT2D eigenvalue weighted by Gasteiger charge is 2.38. The molecular weight excluding hydrogens is 587 g/mol.